The quantitative estimate of drug-likeness (QED) is 0.731. The summed E-state index contributed by atoms with van der Waals surface area (Å²) in [6.45, 7) is 1.31. The first-order chi connectivity index (χ1) is 14.1. The van der Waals surface area contributed by atoms with Crippen LogP contribution in [0.15, 0.2) is 42.5 Å². The molecule has 2 aromatic carbocycles. The third kappa shape index (κ3) is 5.23. The van der Waals surface area contributed by atoms with E-state index in [0.717, 1.165) is 12.8 Å². The van der Waals surface area contributed by atoms with Crippen LogP contribution in [0.25, 0.3) is 0 Å². The van der Waals surface area contributed by atoms with Gasteiger partial charge in [0.15, 0.2) is 11.5 Å². The average molecular weight is 434 g/mol. The molecule has 0 saturated carbocycles. The summed E-state index contributed by atoms with van der Waals surface area (Å²) in [7, 11) is 4.98. The van der Waals surface area contributed by atoms with E-state index in [1.807, 2.05) is 18.0 Å². The lowest BCUT2D eigenvalue weighted by molar-refractivity contribution is 0.0708. The Morgan fingerprint density at radius 2 is 1.60 bits per heavy atom. The number of benzene rings is 2. The summed E-state index contributed by atoms with van der Waals surface area (Å²) >= 11 is 0. The van der Waals surface area contributed by atoms with Gasteiger partial charge in [0.1, 0.15) is 0 Å². The molecule has 0 radical (unpaired) electrons. The number of rotatable bonds is 6. The van der Waals surface area contributed by atoms with E-state index in [2.05, 4.69) is 10.6 Å². The summed E-state index contributed by atoms with van der Waals surface area (Å²) in [5.74, 6) is 0.463. The van der Waals surface area contributed by atoms with Gasteiger partial charge in [-0.2, -0.15) is 0 Å². The minimum atomic E-state index is -0.291. The number of nitrogens with zero attached hydrogens (tertiary/aromatic N) is 1. The highest BCUT2D eigenvalue weighted by Crippen LogP contribution is 2.34. The summed E-state index contributed by atoms with van der Waals surface area (Å²) < 4.78 is 10.7. The predicted octanol–water partition coefficient (Wildman–Crippen LogP) is 3.20. The van der Waals surface area contributed by atoms with Crippen molar-refractivity contribution in [2.75, 3.05) is 39.7 Å². The Kier molecular flexibility index (Phi) is 8.50. The van der Waals surface area contributed by atoms with Crippen molar-refractivity contribution in [2.24, 2.45) is 0 Å². The molecule has 1 fully saturated rings. The van der Waals surface area contributed by atoms with Gasteiger partial charge in [-0.25, -0.2) is 0 Å². The normalized spacial score (nSPS) is 13.9. The van der Waals surface area contributed by atoms with E-state index in [4.69, 9.17) is 9.47 Å². The summed E-state index contributed by atoms with van der Waals surface area (Å²) in [4.78, 5) is 27.8. The lowest BCUT2D eigenvalue weighted by Crippen LogP contribution is -2.44. The van der Waals surface area contributed by atoms with E-state index in [9.17, 15) is 9.59 Å². The van der Waals surface area contributed by atoms with Crippen molar-refractivity contribution in [3.05, 3.63) is 53.6 Å². The van der Waals surface area contributed by atoms with E-state index in [-0.39, 0.29) is 24.2 Å². The summed E-state index contributed by atoms with van der Waals surface area (Å²) in [6, 6.07) is 12.6. The van der Waals surface area contributed by atoms with Crippen molar-refractivity contribution in [3.8, 4) is 11.5 Å². The molecule has 0 unspecified atom stereocenters. The third-order valence-corrected chi connectivity index (χ3v) is 5.23. The zero-order valence-electron chi connectivity index (χ0n) is 17.4. The molecule has 1 saturated heterocycles. The molecular weight excluding hydrogens is 406 g/mol. The van der Waals surface area contributed by atoms with Gasteiger partial charge in [-0.05, 0) is 38.1 Å². The fraction of sp³-hybridized carbons (Fsp3) is 0.364. The maximum Gasteiger partial charge on any atom is 0.256 e. The van der Waals surface area contributed by atoms with Crippen molar-refractivity contribution in [3.63, 3.8) is 0 Å². The molecule has 162 valence electrons. The van der Waals surface area contributed by atoms with Crippen LogP contribution in [-0.2, 0) is 0 Å². The lowest BCUT2D eigenvalue weighted by atomic mass is 10.0. The zero-order valence-corrected chi connectivity index (χ0v) is 18.3. The SMILES string of the molecule is CNC1CCN(C(=O)c2cc(OC)c(OC)cc2NC(=O)c2ccccc2)CC1.Cl. The molecule has 1 heterocycles. The molecule has 0 spiro atoms. The number of methoxy groups -OCH3 is 2. The minimum absolute atomic E-state index is 0. The van der Waals surface area contributed by atoms with Crippen LogP contribution in [0.1, 0.15) is 33.6 Å². The smallest absolute Gasteiger partial charge is 0.256 e. The number of carbonyl (C=O) groups excluding carboxylic acids is 2. The maximum absolute atomic E-state index is 13.3. The van der Waals surface area contributed by atoms with Gasteiger partial charge in [0, 0.05) is 30.8 Å². The van der Waals surface area contributed by atoms with Crippen molar-refractivity contribution >= 4 is 29.9 Å². The van der Waals surface area contributed by atoms with Crippen LogP contribution in [0, 0.1) is 0 Å². The number of nitrogens with one attached hydrogen (secondary N) is 2. The highest BCUT2D eigenvalue weighted by Gasteiger charge is 2.26. The van der Waals surface area contributed by atoms with Crippen LogP contribution < -0.4 is 20.1 Å². The van der Waals surface area contributed by atoms with Gasteiger partial charge in [-0.1, -0.05) is 18.2 Å². The number of hydrogen-bond acceptors (Lipinski definition) is 5. The fourth-order valence-electron chi connectivity index (χ4n) is 3.48. The van der Waals surface area contributed by atoms with Gasteiger partial charge < -0.3 is 25.0 Å². The van der Waals surface area contributed by atoms with Crippen LogP contribution in [0.2, 0.25) is 0 Å². The summed E-state index contributed by atoms with van der Waals surface area (Å²) in [6.07, 6.45) is 1.78. The number of halogens is 1. The Morgan fingerprint density at radius 1 is 1.00 bits per heavy atom. The summed E-state index contributed by atoms with van der Waals surface area (Å²) in [5.41, 5.74) is 1.29. The van der Waals surface area contributed by atoms with E-state index < -0.39 is 0 Å². The van der Waals surface area contributed by atoms with Crippen molar-refractivity contribution in [1.82, 2.24) is 10.2 Å². The highest BCUT2D eigenvalue weighted by molar-refractivity contribution is 6.09. The highest BCUT2D eigenvalue weighted by atomic mass is 35.5. The number of amides is 2. The predicted molar refractivity (Wildman–Crippen MR) is 119 cm³/mol. The lowest BCUT2D eigenvalue weighted by Gasteiger charge is -2.32. The van der Waals surface area contributed by atoms with Crippen LogP contribution in [0.4, 0.5) is 5.69 Å². The maximum atomic E-state index is 13.3. The molecule has 7 nitrogen and oxygen atoms in total. The van der Waals surface area contributed by atoms with Crippen LogP contribution in [0.5, 0.6) is 11.5 Å². The molecule has 1 aliphatic heterocycles. The number of piperidine rings is 1. The topological polar surface area (TPSA) is 79.9 Å². The number of anilines is 1. The minimum Gasteiger partial charge on any atom is -0.493 e. The van der Waals surface area contributed by atoms with Crippen molar-refractivity contribution in [1.29, 1.82) is 0 Å². The Morgan fingerprint density at radius 3 is 2.17 bits per heavy atom. The van der Waals surface area contributed by atoms with Gasteiger partial charge in [-0.3, -0.25) is 9.59 Å². The third-order valence-electron chi connectivity index (χ3n) is 5.23. The van der Waals surface area contributed by atoms with E-state index in [1.165, 1.54) is 14.2 Å². The molecule has 2 N–H and O–H groups in total. The first kappa shape index (κ1) is 23.5. The first-order valence-electron chi connectivity index (χ1n) is 9.66. The van der Waals surface area contributed by atoms with E-state index in [0.29, 0.717) is 47.4 Å². The molecule has 0 aliphatic carbocycles. The number of hydrogen-bond donors (Lipinski definition) is 2. The van der Waals surface area contributed by atoms with E-state index >= 15 is 0 Å². The molecule has 0 aromatic heterocycles. The number of ether oxygens (including phenoxy) is 2. The average Bonchev–Trinajstić information content (AvgIpc) is 2.78. The Balaban J connectivity index is 0.00000320. The Hall–Kier alpha value is -2.77. The fourth-order valence-corrected chi connectivity index (χ4v) is 3.48. The standard InChI is InChI=1S/C22H27N3O4.ClH/c1-23-16-9-11-25(12-10-16)22(27)17-13-19(28-2)20(29-3)14-18(17)24-21(26)15-7-5-4-6-8-15;/h4-8,13-14,16,23H,9-12H2,1-3H3,(H,24,26);1H. The molecule has 3 rings (SSSR count). The molecule has 2 amide bonds. The Labute approximate surface area is 183 Å². The summed E-state index contributed by atoms with van der Waals surface area (Å²) in [5, 5.41) is 6.12. The number of carbonyl (C=O) groups is 2. The molecule has 8 heteroatoms. The van der Waals surface area contributed by atoms with Gasteiger partial charge >= 0.3 is 0 Å². The van der Waals surface area contributed by atoms with Gasteiger partial charge in [-0.15, -0.1) is 12.4 Å². The van der Waals surface area contributed by atoms with E-state index in [1.54, 1.807) is 36.4 Å². The van der Waals surface area contributed by atoms with Crippen molar-refractivity contribution < 1.29 is 19.1 Å². The second-order valence-electron chi connectivity index (χ2n) is 6.93. The molecule has 2 aromatic rings. The van der Waals surface area contributed by atoms with Crippen LogP contribution in [-0.4, -0.2) is 57.1 Å². The molecular formula is C22H28ClN3O4. The molecule has 1 aliphatic rings. The van der Waals surface area contributed by atoms with Crippen molar-refractivity contribution in [2.45, 2.75) is 18.9 Å². The van der Waals surface area contributed by atoms with Crippen LogP contribution in [0.3, 0.4) is 0 Å². The second kappa shape index (κ2) is 10.8. The first-order valence-corrected chi connectivity index (χ1v) is 9.66. The second-order valence-corrected chi connectivity index (χ2v) is 6.93. The molecule has 30 heavy (non-hydrogen) atoms. The number of likely N-dealkylation sites (tertiary alicyclic amines) is 1. The monoisotopic (exact) mass is 433 g/mol. The zero-order chi connectivity index (χ0) is 20.8. The van der Waals surface area contributed by atoms with Gasteiger partial charge in [0.25, 0.3) is 11.8 Å². The van der Waals surface area contributed by atoms with Crippen LogP contribution >= 0.6 is 12.4 Å². The van der Waals surface area contributed by atoms with Gasteiger partial charge in [0.2, 0.25) is 0 Å². The largest absolute Gasteiger partial charge is 0.493 e. The Bertz CT molecular complexity index is 868. The van der Waals surface area contributed by atoms with Gasteiger partial charge in [0.05, 0.1) is 25.5 Å². The molecule has 0 bridgehead atoms. The molecule has 0 atom stereocenters.